The monoisotopic (exact) mass is 426 g/mol. The third-order valence-corrected chi connectivity index (χ3v) is 7.23. The number of nitrogens with zero attached hydrogens (tertiary/aromatic N) is 3. The van der Waals surface area contributed by atoms with Crippen LogP contribution in [-0.4, -0.2) is 33.2 Å². The van der Waals surface area contributed by atoms with Gasteiger partial charge in [0.15, 0.2) is 0 Å². The van der Waals surface area contributed by atoms with Gasteiger partial charge in [-0.05, 0) is 47.9 Å². The van der Waals surface area contributed by atoms with Crippen LogP contribution in [0.2, 0.25) is 0 Å². The van der Waals surface area contributed by atoms with Crippen LogP contribution < -0.4 is 5.32 Å². The molecule has 7 heteroatoms. The second kappa shape index (κ2) is 6.72. The maximum Gasteiger partial charge on any atom is 0.254 e. The number of fused-ring (bicyclic) bond motifs is 3. The first-order valence-electron chi connectivity index (χ1n) is 10.1. The van der Waals surface area contributed by atoms with Crippen molar-refractivity contribution in [2.75, 3.05) is 11.9 Å². The SMILES string of the molecule is O=C(c1ccc2scnc2c1)N1CCC2(C(=O)Nc3ccccc32)C1c1cccnc1. The molecule has 6 rings (SSSR count). The molecule has 2 aliphatic rings. The van der Waals surface area contributed by atoms with Crippen LogP contribution in [0.3, 0.4) is 0 Å². The van der Waals surface area contributed by atoms with Crippen molar-refractivity contribution in [2.45, 2.75) is 17.9 Å². The first kappa shape index (κ1) is 18.2. The van der Waals surface area contributed by atoms with E-state index in [-0.39, 0.29) is 11.8 Å². The highest BCUT2D eigenvalue weighted by molar-refractivity contribution is 7.16. The molecular formula is C24H18N4O2S. The fourth-order valence-electron chi connectivity index (χ4n) is 5.06. The number of thiazole rings is 1. The van der Waals surface area contributed by atoms with Gasteiger partial charge >= 0.3 is 0 Å². The smallest absolute Gasteiger partial charge is 0.254 e. The number of hydrogen-bond donors (Lipinski definition) is 1. The predicted octanol–water partition coefficient (Wildman–Crippen LogP) is 4.17. The van der Waals surface area contributed by atoms with Gasteiger partial charge in [0.2, 0.25) is 5.91 Å². The number of nitrogens with one attached hydrogen (secondary N) is 1. The Morgan fingerprint density at radius 2 is 2.06 bits per heavy atom. The van der Waals surface area contributed by atoms with Crippen molar-refractivity contribution >= 4 is 39.1 Å². The molecule has 1 fully saturated rings. The first-order valence-corrected chi connectivity index (χ1v) is 11.0. The molecule has 2 atom stereocenters. The Morgan fingerprint density at radius 1 is 1.16 bits per heavy atom. The molecule has 2 aromatic heterocycles. The number of pyridine rings is 1. The quantitative estimate of drug-likeness (QED) is 0.522. The van der Waals surface area contributed by atoms with Crippen LogP contribution in [0, 0.1) is 0 Å². The van der Waals surface area contributed by atoms with E-state index in [1.54, 1.807) is 29.2 Å². The van der Waals surface area contributed by atoms with E-state index < -0.39 is 11.5 Å². The summed E-state index contributed by atoms with van der Waals surface area (Å²) in [6.45, 7) is 0.481. The number of rotatable bonds is 2. The molecule has 152 valence electrons. The van der Waals surface area contributed by atoms with Crippen LogP contribution in [0.25, 0.3) is 10.2 Å². The average molecular weight is 427 g/mol. The molecule has 0 radical (unpaired) electrons. The normalized spacial score (nSPS) is 22.1. The lowest BCUT2D eigenvalue weighted by Gasteiger charge is -2.34. The molecule has 1 saturated heterocycles. The fraction of sp³-hybridized carbons (Fsp3) is 0.167. The van der Waals surface area contributed by atoms with E-state index in [9.17, 15) is 9.59 Å². The summed E-state index contributed by atoms with van der Waals surface area (Å²) in [7, 11) is 0. The van der Waals surface area contributed by atoms with Crippen LogP contribution in [0.4, 0.5) is 5.69 Å². The summed E-state index contributed by atoms with van der Waals surface area (Å²) in [5, 5.41) is 3.04. The maximum absolute atomic E-state index is 13.7. The minimum absolute atomic E-state index is 0.0622. The van der Waals surface area contributed by atoms with Gasteiger partial charge in [-0.2, -0.15) is 0 Å². The van der Waals surface area contributed by atoms with Gasteiger partial charge in [-0.1, -0.05) is 24.3 Å². The highest BCUT2D eigenvalue weighted by atomic mass is 32.1. The van der Waals surface area contributed by atoms with E-state index >= 15 is 0 Å². The summed E-state index contributed by atoms with van der Waals surface area (Å²) in [5.41, 5.74) is 4.96. The van der Waals surface area contributed by atoms with Crippen molar-refractivity contribution in [3.8, 4) is 0 Å². The van der Waals surface area contributed by atoms with E-state index in [2.05, 4.69) is 15.3 Å². The molecule has 2 amide bonds. The molecule has 0 aliphatic carbocycles. The third kappa shape index (κ3) is 2.56. The average Bonchev–Trinajstić information content (AvgIpc) is 3.51. The zero-order valence-electron chi connectivity index (χ0n) is 16.5. The Labute approximate surface area is 182 Å². The van der Waals surface area contributed by atoms with Gasteiger partial charge in [-0.3, -0.25) is 14.6 Å². The highest BCUT2D eigenvalue weighted by Gasteiger charge is 2.59. The number of hydrogen-bond acceptors (Lipinski definition) is 5. The predicted molar refractivity (Wildman–Crippen MR) is 119 cm³/mol. The van der Waals surface area contributed by atoms with Gasteiger partial charge in [0.1, 0.15) is 5.41 Å². The van der Waals surface area contributed by atoms with Crippen molar-refractivity contribution < 1.29 is 9.59 Å². The lowest BCUT2D eigenvalue weighted by atomic mass is 9.73. The Hall–Kier alpha value is -3.58. The molecule has 6 nitrogen and oxygen atoms in total. The molecule has 31 heavy (non-hydrogen) atoms. The lowest BCUT2D eigenvalue weighted by molar-refractivity contribution is -0.121. The fourth-order valence-corrected chi connectivity index (χ4v) is 5.72. The summed E-state index contributed by atoms with van der Waals surface area (Å²) in [4.78, 5) is 37.6. The van der Waals surface area contributed by atoms with Crippen LogP contribution >= 0.6 is 11.3 Å². The maximum atomic E-state index is 13.7. The second-order valence-electron chi connectivity index (χ2n) is 7.94. The number of para-hydroxylation sites is 1. The standard InChI is InChI=1S/C24H18N4O2S/c29-22(15-7-8-20-19(12-15)26-14-31-20)28-11-9-24(21(28)16-4-3-10-25-13-16)17-5-1-2-6-18(17)27-23(24)30/h1-8,10,12-14,21H,9,11H2,(H,27,30). The van der Waals surface area contributed by atoms with Gasteiger partial charge in [0.25, 0.3) is 5.91 Å². The van der Waals surface area contributed by atoms with E-state index in [0.29, 0.717) is 18.5 Å². The molecule has 4 heterocycles. The molecule has 2 unspecified atom stereocenters. The first-order chi connectivity index (χ1) is 15.2. The summed E-state index contributed by atoms with van der Waals surface area (Å²) in [5.74, 6) is -0.161. The van der Waals surface area contributed by atoms with Crippen LogP contribution in [0.1, 0.15) is 33.9 Å². The number of likely N-dealkylation sites (tertiary alicyclic amines) is 1. The number of benzene rings is 2. The molecule has 1 spiro atoms. The van der Waals surface area contributed by atoms with Crippen molar-refractivity contribution in [1.29, 1.82) is 0 Å². The van der Waals surface area contributed by atoms with E-state index in [1.807, 2.05) is 59.5 Å². The molecular weight excluding hydrogens is 408 g/mol. The minimum Gasteiger partial charge on any atom is -0.330 e. The summed E-state index contributed by atoms with van der Waals surface area (Å²) < 4.78 is 1.04. The van der Waals surface area contributed by atoms with Gasteiger partial charge in [0.05, 0.1) is 21.8 Å². The molecule has 0 bridgehead atoms. The van der Waals surface area contributed by atoms with Crippen molar-refractivity contribution in [1.82, 2.24) is 14.9 Å². The van der Waals surface area contributed by atoms with Crippen molar-refractivity contribution in [2.24, 2.45) is 0 Å². The van der Waals surface area contributed by atoms with E-state index in [4.69, 9.17) is 0 Å². The van der Waals surface area contributed by atoms with Crippen molar-refractivity contribution in [3.63, 3.8) is 0 Å². The highest BCUT2D eigenvalue weighted by Crippen LogP contribution is 2.54. The Kier molecular flexibility index (Phi) is 3.94. The largest absolute Gasteiger partial charge is 0.330 e. The molecule has 4 aromatic rings. The number of amides is 2. The zero-order chi connectivity index (χ0) is 21.0. The molecule has 0 saturated carbocycles. The van der Waals surface area contributed by atoms with Crippen LogP contribution in [-0.2, 0) is 10.2 Å². The van der Waals surface area contributed by atoms with Gasteiger partial charge in [-0.15, -0.1) is 11.3 Å². The van der Waals surface area contributed by atoms with Crippen molar-refractivity contribution in [3.05, 3.63) is 89.2 Å². The molecule has 2 aromatic carbocycles. The van der Waals surface area contributed by atoms with Crippen LogP contribution in [0.5, 0.6) is 0 Å². The Morgan fingerprint density at radius 3 is 2.94 bits per heavy atom. The van der Waals surface area contributed by atoms with Gasteiger partial charge in [-0.25, -0.2) is 4.98 Å². The summed E-state index contributed by atoms with van der Waals surface area (Å²) in [6.07, 6.45) is 4.02. The summed E-state index contributed by atoms with van der Waals surface area (Å²) in [6, 6.07) is 16.7. The van der Waals surface area contributed by atoms with E-state index in [1.165, 1.54) is 0 Å². The topological polar surface area (TPSA) is 75.2 Å². The third-order valence-electron chi connectivity index (χ3n) is 6.42. The van der Waals surface area contributed by atoms with Gasteiger partial charge < -0.3 is 10.2 Å². The molecule has 2 aliphatic heterocycles. The number of aromatic nitrogens is 2. The minimum atomic E-state index is -0.833. The Bertz CT molecular complexity index is 1340. The Balaban J connectivity index is 1.50. The summed E-state index contributed by atoms with van der Waals surface area (Å²) >= 11 is 1.55. The lowest BCUT2D eigenvalue weighted by Crippen LogP contribution is -2.42. The van der Waals surface area contributed by atoms with E-state index in [0.717, 1.165) is 27.0 Å². The molecule has 1 N–H and O–H groups in total. The number of carbonyl (C=O) groups is 2. The number of anilines is 1. The van der Waals surface area contributed by atoms with Crippen LogP contribution in [0.15, 0.2) is 72.5 Å². The zero-order valence-corrected chi connectivity index (χ0v) is 17.3. The van der Waals surface area contributed by atoms with Gasteiger partial charge in [0, 0.05) is 30.2 Å². The number of carbonyl (C=O) groups excluding carboxylic acids is 2. The second-order valence-corrected chi connectivity index (χ2v) is 8.83.